The van der Waals surface area contributed by atoms with E-state index >= 15 is 0 Å². The topological polar surface area (TPSA) is 114 Å². The van der Waals surface area contributed by atoms with Gasteiger partial charge in [-0.15, -0.1) is 0 Å². The van der Waals surface area contributed by atoms with Crippen molar-refractivity contribution in [2.75, 3.05) is 6.61 Å². The molecule has 0 fully saturated rings. The molecule has 1 amide bonds. The quantitative estimate of drug-likeness (QED) is 0.474. The molecule has 8 heteroatoms. The molecule has 1 heterocycles. The molecule has 1 aromatic heterocycles. The molecule has 1 unspecified atom stereocenters. The van der Waals surface area contributed by atoms with Crippen molar-refractivity contribution in [3.05, 3.63) is 90.0 Å². The van der Waals surface area contributed by atoms with Crippen molar-refractivity contribution in [2.24, 2.45) is 0 Å². The number of amides is 1. The Balaban J connectivity index is 1.63. The normalized spacial score (nSPS) is 12.7. The minimum absolute atomic E-state index is 0.0383. The van der Waals surface area contributed by atoms with Crippen LogP contribution in [0.3, 0.4) is 0 Å². The minimum Gasteiger partial charge on any atom is -0.480 e. The standard InChI is InChI=1S/C22H23N3O5/c26-21(27)20(25-22(28)30-13-17-9-5-2-6-10-17)18(19-11-23-15-24-19)14-29-12-16-7-3-1-4-8-16/h1-11,15,18,20H,12-14H2,(H,23,24)(H,25,28)(H,26,27)/t18?,20-/m0/s1. The molecule has 3 N–H and O–H groups in total. The molecule has 3 rings (SSSR count). The molecule has 0 radical (unpaired) electrons. The number of ether oxygens (including phenoxy) is 2. The van der Waals surface area contributed by atoms with Crippen molar-refractivity contribution in [3.63, 3.8) is 0 Å². The van der Waals surface area contributed by atoms with Gasteiger partial charge in [0.1, 0.15) is 12.6 Å². The highest BCUT2D eigenvalue weighted by atomic mass is 16.5. The van der Waals surface area contributed by atoms with Crippen LogP contribution in [0.4, 0.5) is 4.79 Å². The molecular weight excluding hydrogens is 386 g/mol. The molecule has 0 saturated carbocycles. The molecular formula is C22H23N3O5. The highest BCUT2D eigenvalue weighted by Crippen LogP contribution is 2.20. The summed E-state index contributed by atoms with van der Waals surface area (Å²) in [4.78, 5) is 31.1. The van der Waals surface area contributed by atoms with Gasteiger partial charge in [0.25, 0.3) is 0 Å². The van der Waals surface area contributed by atoms with E-state index in [4.69, 9.17) is 9.47 Å². The van der Waals surface area contributed by atoms with E-state index in [0.29, 0.717) is 12.3 Å². The number of aromatic amines is 1. The van der Waals surface area contributed by atoms with Gasteiger partial charge in [0, 0.05) is 6.20 Å². The number of hydrogen-bond donors (Lipinski definition) is 3. The average Bonchev–Trinajstić information content (AvgIpc) is 3.30. The van der Waals surface area contributed by atoms with Crippen molar-refractivity contribution in [1.29, 1.82) is 0 Å². The van der Waals surface area contributed by atoms with Gasteiger partial charge in [0.05, 0.1) is 31.2 Å². The fourth-order valence-electron chi connectivity index (χ4n) is 2.93. The third-order valence-corrected chi connectivity index (χ3v) is 4.46. The monoisotopic (exact) mass is 409 g/mol. The number of rotatable bonds is 10. The van der Waals surface area contributed by atoms with Crippen molar-refractivity contribution < 1.29 is 24.2 Å². The highest BCUT2D eigenvalue weighted by Gasteiger charge is 2.33. The SMILES string of the molecule is O=C(N[C@H](C(=O)O)C(COCc1ccccc1)c1c[nH]cn1)OCc1ccccc1. The number of carboxylic acids is 1. The fourth-order valence-corrected chi connectivity index (χ4v) is 2.93. The molecule has 0 aliphatic carbocycles. The molecule has 0 spiro atoms. The zero-order chi connectivity index (χ0) is 21.2. The number of carbonyl (C=O) groups excluding carboxylic acids is 1. The summed E-state index contributed by atoms with van der Waals surface area (Å²) in [6.07, 6.45) is 2.21. The van der Waals surface area contributed by atoms with Gasteiger partial charge in [-0.2, -0.15) is 0 Å². The number of nitrogens with one attached hydrogen (secondary N) is 2. The number of aliphatic carboxylic acids is 1. The van der Waals surface area contributed by atoms with Crippen molar-refractivity contribution in [2.45, 2.75) is 25.2 Å². The third-order valence-electron chi connectivity index (χ3n) is 4.46. The summed E-state index contributed by atoms with van der Waals surface area (Å²) in [5, 5.41) is 12.2. The minimum atomic E-state index is -1.27. The molecule has 8 nitrogen and oxygen atoms in total. The van der Waals surface area contributed by atoms with Crippen molar-refractivity contribution in [3.8, 4) is 0 Å². The first-order chi connectivity index (χ1) is 14.6. The predicted molar refractivity (Wildman–Crippen MR) is 109 cm³/mol. The van der Waals surface area contributed by atoms with E-state index in [9.17, 15) is 14.7 Å². The smallest absolute Gasteiger partial charge is 0.408 e. The number of H-pyrrole nitrogens is 1. The first kappa shape index (κ1) is 21.1. The Morgan fingerprint density at radius 2 is 1.63 bits per heavy atom. The third kappa shape index (κ3) is 6.18. The molecule has 0 bridgehead atoms. The Kier molecular flexibility index (Phi) is 7.57. The zero-order valence-corrected chi connectivity index (χ0v) is 16.2. The second-order valence-corrected chi connectivity index (χ2v) is 6.62. The predicted octanol–water partition coefficient (Wildman–Crippen LogP) is 3.09. The highest BCUT2D eigenvalue weighted by molar-refractivity contribution is 5.81. The van der Waals surface area contributed by atoms with E-state index in [1.54, 1.807) is 6.20 Å². The molecule has 3 aromatic rings. The lowest BCUT2D eigenvalue weighted by atomic mass is 9.97. The molecule has 156 valence electrons. The van der Waals surface area contributed by atoms with Crippen LogP contribution in [-0.2, 0) is 27.5 Å². The van der Waals surface area contributed by atoms with Crippen LogP contribution in [0.5, 0.6) is 0 Å². The van der Waals surface area contributed by atoms with Crippen LogP contribution in [0.15, 0.2) is 73.2 Å². The lowest BCUT2D eigenvalue weighted by Gasteiger charge is -2.23. The van der Waals surface area contributed by atoms with E-state index < -0.39 is 24.0 Å². The number of nitrogens with zero attached hydrogens (tertiary/aromatic N) is 1. The van der Waals surface area contributed by atoms with Gasteiger partial charge < -0.3 is 24.9 Å². The molecule has 0 aliphatic rings. The van der Waals surface area contributed by atoms with Crippen LogP contribution in [0.2, 0.25) is 0 Å². The van der Waals surface area contributed by atoms with Crippen LogP contribution in [0.1, 0.15) is 22.7 Å². The maximum Gasteiger partial charge on any atom is 0.408 e. The lowest BCUT2D eigenvalue weighted by molar-refractivity contribution is -0.140. The van der Waals surface area contributed by atoms with Gasteiger partial charge >= 0.3 is 12.1 Å². The van der Waals surface area contributed by atoms with E-state index in [2.05, 4.69) is 15.3 Å². The van der Waals surface area contributed by atoms with Gasteiger partial charge in [-0.25, -0.2) is 14.6 Å². The number of carbonyl (C=O) groups is 2. The lowest BCUT2D eigenvalue weighted by Crippen LogP contribution is -2.46. The summed E-state index contributed by atoms with van der Waals surface area (Å²) in [5.74, 6) is -1.91. The van der Waals surface area contributed by atoms with Crippen LogP contribution >= 0.6 is 0 Å². The first-order valence-corrected chi connectivity index (χ1v) is 9.44. The summed E-state index contributed by atoms with van der Waals surface area (Å²) in [7, 11) is 0. The Morgan fingerprint density at radius 3 is 2.20 bits per heavy atom. The van der Waals surface area contributed by atoms with E-state index in [1.807, 2.05) is 60.7 Å². The summed E-state index contributed by atoms with van der Waals surface area (Å²) < 4.78 is 10.9. The number of carboxylic acid groups (broad SMARTS) is 1. The number of benzene rings is 2. The molecule has 2 aromatic carbocycles. The van der Waals surface area contributed by atoms with Crippen LogP contribution in [0, 0.1) is 0 Å². The summed E-state index contributed by atoms with van der Waals surface area (Å²) in [6.45, 7) is 0.402. The number of alkyl carbamates (subject to hydrolysis) is 1. The summed E-state index contributed by atoms with van der Waals surface area (Å²) in [6, 6.07) is 17.4. The Morgan fingerprint density at radius 1 is 1.00 bits per heavy atom. The Labute approximate surface area is 173 Å². The second kappa shape index (κ2) is 10.8. The summed E-state index contributed by atoms with van der Waals surface area (Å²) >= 11 is 0. The molecule has 2 atom stereocenters. The molecule has 0 saturated heterocycles. The van der Waals surface area contributed by atoms with Crippen LogP contribution in [0.25, 0.3) is 0 Å². The van der Waals surface area contributed by atoms with E-state index in [1.165, 1.54) is 6.33 Å². The fraction of sp³-hybridized carbons (Fsp3) is 0.227. The van der Waals surface area contributed by atoms with Crippen LogP contribution in [-0.4, -0.2) is 39.8 Å². The maximum absolute atomic E-state index is 12.2. The maximum atomic E-state index is 12.2. The van der Waals surface area contributed by atoms with Gasteiger partial charge in [0.15, 0.2) is 0 Å². The zero-order valence-electron chi connectivity index (χ0n) is 16.2. The van der Waals surface area contributed by atoms with Crippen molar-refractivity contribution in [1.82, 2.24) is 15.3 Å². The molecule has 0 aliphatic heterocycles. The van der Waals surface area contributed by atoms with E-state index in [0.717, 1.165) is 11.1 Å². The van der Waals surface area contributed by atoms with Gasteiger partial charge in [0.2, 0.25) is 0 Å². The van der Waals surface area contributed by atoms with E-state index in [-0.39, 0.29) is 13.2 Å². The Hall–Kier alpha value is -3.65. The van der Waals surface area contributed by atoms with Gasteiger partial charge in [-0.05, 0) is 11.1 Å². The van der Waals surface area contributed by atoms with Crippen LogP contribution < -0.4 is 5.32 Å². The van der Waals surface area contributed by atoms with Crippen molar-refractivity contribution >= 4 is 12.1 Å². The average molecular weight is 409 g/mol. The van der Waals surface area contributed by atoms with Gasteiger partial charge in [-0.3, -0.25) is 0 Å². The Bertz CT molecular complexity index is 916. The number of imidazole rings is 1. The first-order valence-electron chi connectivity index (χ1n) is 9.44. The second-order valence-electron chi connectivity index (χ2n) is 6.62. The van der Waals surface area contributed by atoms with Gasteiger partial charge in [-0.1, -0.05) is 60.7 Å². The summed E-state index contributed by atoms with van der Waals surface area (Å²) in [5.41, 5.74) is 2.23. The number of aromatic nitrogens is 2. The number of hydrogen-bond acceptors (Lipinski definition) is 5. The molecule has 30 heavy (non-hydrogen) atoms. The largest absolute Gasteiger partial charge is 0.480 e.